The molecule has 1 aromatic rings. The molecule has 0 aromatic heterocycles. The molecule has 24 heavy (non-hydrogen) atoms. The van der Waals surface area contributed by atoms with Gasteiger partial charge in [0, 0.05) is 20.7 Å². The summed E-state index contributed by atoms with van der Waals surface area (Å²) in [6.45, 7) is 0.0718. The summed E-state index contributed by atoms with van der Waals surface area (Å²) in [6.07, 6.45) is -4.86. The maximum absolute atomic E-state index is 12.3. The van der Waals surface area contributed by atoms with Gasteiger partial charge in [-0.25, -0.2) is 8.42 Å². The van der Waals surface area contributed by atoms with E-state index in [-0.39, 0.29) is 18.0 Å². The molecule has 7 nitrogen and oxygen atoms in total. The van der Waals surface area contributed by atoms with Gasteiger partial charge in [-0.05, 0) is 24.3 Å². The Labute approximate surface area is 137 Å². The lowest BCUT2D eigenvalue weighted by molar-refractivity contribution is -0.274. The summed E-state index contributed by atoms with van der Waals surface area (Å²) in [4.78, 5) is 11.3. The van der Waals surface area contributed by atoms with Crippen LogP contribution in [0.4, 0.5) is 13.2 Å². The fraction of sp³-hybridized carbons (Fsp3) is 0.462. The number of nitrogens with one attached hydrogen (secondary N) is 1. The first-order chi connectivity index (χ1) is 11.1. The minimum atomic E-state index is -4.86. The molecule has 0 saturated carbocycles. The molecule has 0 aliphatic heterocycles. The maximum atomic E-state index is 12.3. The van der Waals surface area contributed by atoms with Crippen LogP contribution in [-0.2, 0) is 19.6 Å². The molecule has 0 radical (unpaired) electrons. The average Bonchev–Trinajstić information content (AvgIpc) is 2.46. The summed E-state index contributed by atoms with van der Waals surface area (Å²) < 4.78 is 69.9. The standard InChI is InChI=1S/C13H17F3N2O5S/c1-18(9-12(19)17-7-8-22-2)24(20,21)11-5-3-10(4-6-11)23-13(14,15)16/h3-6H,7-9H2,1-2H3,(H,17,19). The molecule has 0 spiro atoms. The molecule has 11 heteroatoms. The fourth-order valence-electron chi connectivity index (χ4n) is 1.63. The largest absolute Gasteiger partial charge is 0.573 e. The number of halogens is 3. The number of nitrogens with zero attached hydrogens (tertiary/aromatic N) is 1. The van der Waals surface area contributed by atoms with Gasteiger partial charge in [0.25, 0.3) is 0 Å². The Morgan fingerprint density at radius 3 is 2.33 bits per heavy atom. The van der Waals surface area contributed by atoms with Crippen molar-refractivity contribution in [1.82, 2.24) is 9.62 Å². The second-order valence-corrected chi connectivity index (χ2v) is 6.67. The monoisotopic (exact) mass is 370 g/mol. The van der Waals surface area contributed by atoms with Gasteiger partial charge in [0.15, 0.2) is 0 Å². The topological polar surface area (TPSA) is 84.9 Å². The minimum Gasteiger partial charge on any atom is -0.406 e. The zero-order valence-electron chi connectivity index (χ0n) is 13.0. The average molecular weight is 370 g/mol. The van der Waals surface area contributed by atoms with Crippen LogP contribution in [0.3, 0.4) is 0 Å². The first-order valence-corrected chi connectivity index (χ1v) is 8.08. The fourth-order valence-corrected chi connectivity index (χ4v) is 2.76. The van der Waals surface area contributed by atoms with E-state index in [0.717, 1.165) is 28.6 Å². The van der Waals surface area contributed by atoms with E-state index in [1.54, 1.807) is 0 Å². The summed E-state index contributed by atoms with van der Waals surface area (Å²) in [5.41, 5.74) is 0. The molecular weight excluding hydrogens is 353 g/mol. The van der Waals surface area contributed by atoms with Crippen LogP contribution in [0.1, 0.15) is 0 Å². The van der Waals surface area contributed by atoms with Crippen LogP contribution < -0.4 is 10.1 Å². The van der Waals surface area contributed by atoms with Crippen LogP contribution in [0.25, 0.3) is 0 Å². The smallest absolute Gasteiger partial charge is 0.406 e. The first kappa shape index (κ1) is 20.2. The summed E-state index contributed by atoms with van der Waals surface area (Å²) in [7, 11) is -1.38. The van der Waals surface area contributed by atoms with Crippen LogP contribution in [0.15, 0.2) is 29.2 Å². The zero-order valence-corrected chi connectivity index (χ0v) is 13.8. The van der Waals surface area contributed by atoms with Crippen LogP contribution in [0.5, 0.6) is 5.75 Å². The molecule has 0 saturated heterocycles. The van der Waals surface area contributed by atoms with Gasteiger partial charge in [0.1, 0.15) is 5.75 Å². The number of ether oxygens (including phenoxy) is 2. The van der Waals surface area contributed by atoms with Crippen molar-refractivity contribution in [2.24, 2.45) is 0 Å². The number of alkyl halides is 3. The van der Waals surface area contributed by atoms with E-state index in [1.165, 1.54) is 14.2 Å². The van der Waals surface area contributed by atoms with E-state index in [1.807, 2.05) is 0 Å². The van der Waals surface area contributed by atoms with Gasteiger partial charge in [0.05, 0.1) is 18.0 Å². The van der Waals surface area contributed by atoms with Gasteiger partial charge in [-0.1, -0.05) is 0 Å². The number of amides is 1. The van der Waals surface area contributed by atoms with E-state index in [2.05, 4.69) is 10.1 Å². The lowest BCUT2D eigenvalue weighted by Gasteiger charge is -2.17. The highest BCUT2D eigenvalue weighted by Crippen LogP contribution is 2.24. The van der Waals surface area contributed by atoms with E-state index in [9.17, 15) is 26.4 Å². The van der Waals surface area contributed by atoms with Crippen molar-refractivity contribution in [3.05, 3.63) is 24.3 Å². The van der Waals surface area contributed by atoms with E-state index in [0.29, 0.717) is 0 Å². The molecule has 0 bridgehead atoms. The lowest BCUT2D eigenvalue weighted by atomic mass is 10.3. The lowest BCUT2D eigenvalue weighted by Crippen LogP contribution is -2.39. The molecule has 0 heterocycles. The number of benzene rings is 1. The quantitative estimate of drug-likeness (QED) is 0.690. The molecule has 1 N–H and O–H groups in total. The predicted molar refractivity (Wildman–Crippen MR) is 77.8 cm³/mol. The number of carbonyl (C=O) groups is 1. The van der Waals surface area contributed by atoms with Gasteiger partial charge in [-0.3, -0.25) is 4.79 Å². The Morgan fingerprint density at radius 1 is 1.25 bits per heavy atom. The van der Waals surface area contributed by atoms with Gasteiger partial charge in [-0.15, -0.1) is 13.2 Å². The van der Waals surface area contributed by atoms with Gasteiger partial charge in [-0.2, -0.15) is 4.31 Å². The number of carbonyl (C=O) groups excluding carboxylic acids is 1. The van der Waals surface area contributed by atoms with Crippen molar-refractivity contribution >= 4 is 15.9 Å². The second-order valence-electron chi connectivity index (χ2n) is 4.62. The van der Waals surface area contributed by atoms with Crippen molar-refractivity contribution in [3.8, 4) is 5.75 Å². The number of sulfonamides is 1. The van der Waals surface area contributed by atoms with Crippen molar-refractivity contribution < 1.29 is 35.9 Å². The van der Waals surface area contributed by atoms with Crippen molar-refractivity contribution in [2.45, 2.75) is 11.3 Å². The molecule has 0 fully saturated rings. The number of hydrogen-bond acceptors (Lipinski definition) is 5. The SMILES string of the molecule is COCCNC(=O)CN(C)S(=O)(=O)c1ccc(OC(F)(F)F)cc1. The number of likely N-dealkylation sites (N-methyl/N-ethyl adjacent to an activating group) is 1. The summed E-state index contributed by atoms with van der Waals surface area (Å²) in [5, 5.41) is 2.46. The third kappa shape index (κ3) is 6.34. The van der Waals surface area contributed by atoms with Crippen LogP contribution in [0.2, 0.25) is 0 Å². The molecule has 1 rings (SSSR count). The maximum Gasteiger partial charge on any atom is 0.573 e. The van der Waals surface area contributed by atoms with Crippen LogP contribution >= 0.6 is 0 Å². The number of rotatable bonds is 8. The Hall–Kier alpha value is -1.85. The molecule has 1 amide bonds. The summed E-state index contributed by atoms with van der Waals surface area (Å²) >= 11 is 0. The second kappa shape index (κ2) is 8.31. The summed E-state index contributed by atoms with van der Waals surface area (Å²) in [5.74, 6) is -1.07. The summed E-state index contributed by atoms with van der Waals surface area (Å²) in [6, 6.07) is 3.70. The molecule has 0 unspecified atom stereocenters. The highest BCUT2D eigenvalue weighted by atomic mass is 32.2. The normalized spacial score (nSPS) is 12.2. The Morgan fingerprint density at radius 2 is 1.83 bits per heavy atom. The zero-order chi connectivity index (χ0) is 18.4. The Bertz CT molecular complexity index is 647. The van der Waals surface area contributed by atoms with Crippen LogP contribution in [-0.4, -0.2) is 58.8 Å². The van der Waals surface area contributed by atoms with E-state index in [4.69, 9.17) is 4.74 Å². The van der Waals surface area contributed by atoms with Crippen molar-refractivity contribution in [3.63, 3.8) is 0 Å². The van der Waals surface area contributed by atoms with E-state index < -0.39 is 34.6 Å². The third-order valence-electron chi connectivity index (χ3n) is 2.76. The molecule has 0 aliphatic rings. The Kier molecular flexibility index (Phi) is 6.99. The highest BCUT2D eigenvalue weighted by molar-refractivity contribution is 7.89. The van der Waals surface area contributed by atoms with Gasteiger partial charge in [0.2, 0.25) is 15.9 Å². The molecule has 1 aromatic carbocycles. The number of methoxy groups -OCH3 is 1. The van der Waals surface area contributed by atoms with Gasteiger partial charge < -0.3 is 14.8 Å². The van der Waals surface area contributed by atoms with Crippen molar-refractivity contribution in [2.75, 3.05) is 33.9 Å². The predicted octanol–water partition coefficient (Wildman–Crippen LogP) is 0.968. The first-order valence-electron chi connectivity index (χ1n) is 6.64. The molecule has 0 aliphatic carbocycles. The third-order valence-corrected chi connectivity index (χ3v) is 4.58. The molecule has 0 atom stereocenters. The highest BCUT2D eigenvalue weighted by Gasteiger charge is 2.31. The van der Waals surface area contributed by atoms with E-state index >= 15 is 0 Å². The van der Waals surface area contributed by atoms with Crippen LogP contribution in [0, 0.1) is 0 Å². The van der Waals surface area contributed by atoms with Gasteiger partial charge >= 0.3 is 6.36 Å². The number of hydrogen-bond donors (Lipinski definition) is 1. The Balaban J connectivity index is 2.74. The van der Waals surface area contributed by atoms with Crippen molar-refractivity contribution in [1.29, 1.82) is 0 Å². The minimum absolute atomic E-state index is 0.229. The molecule has 136 valence electrons. The molecular formula is C13H17F3N2O5S.